The lowest BCUT2D eigenvalue weighted by Crippen LogP contribution is -2.59. The number of carbonyl (C=O) groups is 2. The lowest BCUT2D eigenvalue weighted by atomic mass is 9.83. The smallest absolute Gasteiger partial charge is 0.320 e. The summed E-state index contributed by atoms with van der Waals surface area (Å²) in [5.41, 5.74) is 2.82. The molecule has 1 aliphatic carbocycles. The second-order valence-electron chi connectivity index (χ2n) is 8.92. The third-order valence-corrected chi connectivity index (χ3v) is 6.59. The van der Waals surface area contributed by atoms with Crippen LogP contribution in [0.3, 0.4) is 0 Å². The van der Waals surface area contributed by atoms with Crippen molar-refractivity contribution >= 4 is 17.8 Å². The number of hydrogen-bond donors (Lipinski definition) is 4. The molecular formula is C26H30N6O2. The zero-order chi connectivity index (χ0) is 23.3. The van der Waals surface area contributed by atoms with E-state index in [1.165, 1.54) is 0 Å². The van der Waals surface area contributed by atoms with Crippen LogP contribution in [0, 0.1) is 5.92 Å². The summed E-state index contributed by atoms with van der Waals surface area (Å²) < 4.78 is 1.67. The second kappa shape index (κ2) is 10.1. The molecule has 2 aromatic carbocycles. The monoisotopic (exact) mass is 458 g/mol. The Morgan fingerprint density at radius 3 is 2.56 bits per heavy atom. The number of urea groups is 1. The first-order chi connectivity index (χ1) is 16.7. The summed E-state index contributed by atoms with van der Waals surface area (Å²) in [4.78, 5) is 25.5. The van der Waals surface area contributed by atoms with Crippen LogP contribution in [0.4, 0.5) is 10.6 Å². The molecule has 5 rings (SSSR count). The van der Waals surface area contributed by atoms with Crippen LogP contribution in [0.25, 0.3) is 11.3 Å². The minimum Gasteiger partial charge on any atom is -0.337 e. The van der Waals surface area contributed by atoms with Gasteiger partial charge in [0.15, 0.2) is 6.29 Å². The highest BCUT2D eigenvalue weighted by atomic mass is 16.2. The predicted molar refractivity (Wildman–Crippen MR) is 131 cm³/mol. The molecule has 0 bridgehead atoms. The molecule has 4 N–H and O–H groups in total. The van der Waals surface area contributed by atoms with Crippen molar-refractivity contribution in [1.82, 2.24) is 25.7 Å². The largest absolute Gasteiger partial charge is 0.337 e. The fourth-order valence-corrected chi connectivity index (χ4v) is 4.82. The van der Waals surface area contributed by atoms with Gasteiger partial charge in [-0.1, -0.05) is 73.5 Å². The highest BCUT2D eigenvalue weighted by Gasteiger charge is 2.38. The first-order valence-electron chi connectivity index (χ1n) is 12.0. The van der Waals surface area contributed by atoms with Crippen LogP contribution in [-0.4, -0.2) is 34.3 Å². The first kappa shape index (κ1) is 22.2. The van der Waals surface area contributed by atoms with Crippen molar-refractivity contribution in [2.75, 3.05) is 11.9 Å². The molecule has 2 heterocycles. The summed E-state index contributed by atoms with van der Waals surface area (Å²) in [6.45, 7) is 0.512. The number of aromatic nitrogens is 2. The second-order valence-corrected chi connectivity index (χ2v) is 8.92. The van der Waals surface area contributed by atoms with E-state index in [9.17, 15) is 9.59 Å². The first-order valence-corrected chi connectivity index (χ1v) is 12.0. The van der Waals surface area contributed by atoms with Gasteiger partial charge in [0.1, 0.15) is 5.82 Å². The normalized spacial score (nSPS) is 21.9. The lowest BCUT2D eigenvalue weighted by molar-refractivity contribution is -0.132. The molecule has 176 valence electrons. The molecule has 2 aliphatic rings. The van der Waals surface area contributed by atoms with E-state index in [2.05, 4.69) is 21.3 Å². The van der Waals surface area contributed by atoms with Crippen LogP contribution in [0.15, 0.2) is 66.7 Å². The van der Waals surface area contributed by atoms with E-state index in [1.807, 2.05) is 66.7 Å². The maximum atomic E-state index is 12.8. The SMILES string of the molecule is O=C(NCCc1ccccc1)Nc1cc(-c2ccccc2)nn1C1NC(=O)C2CCCCC2N1. The lowest BCUT2D eigenvalue weighted by Gasteiger charge is -2.40. The number of nitrogens with zero attached hydrogens (tertiary/aromatic N) is 2. The van der Waals surface area contributed by atoms with Crippen molar-refractivity contribution in [3.8, 4) is 11.3 Å². The number of fused-ring (bicyclic) bond motifs is 1. The van der Waals surface area contributed by atoms with E-state index in [4.69, 9.17) is 5.10 Å². The Labute approximate surface area is 199 Å². The van der Waals surface area contributed by atoms with Crippen molar-refractivity contribution < 1.29 is 9.59 Å². The summed E-state index contributed by atoms with van der Waals surface area (Å²) in [7, 11) is 0. The maximum Gasteiger partial charge on any atom is 0.320 e. The van der Waals surface area contributed by atoms with E-state index in [1.54, 1.807) is 4.68 Å². The minimum atomic E-state index is -0.524. The fourth-order valence-electron chi connectivity index (χ4n) is 4.82. The Kier molecular flexibility index (Phi) is 6.58. The van der Waals surface area contributed by atoms with Gasteiger partial charge in [-0.2, -0.15) is 5.10 Å². The number of amides is 3. The Morgan fingerprint density at radius 2 is 1.76 bits per heavy atom. The van der Waals surface area contributed by atoms with Crippen LogP contribution in [0.1, 0.15) is 37.5 Å². The van der Waals surface area contributed by atoms with Gasteiger partial charge in [0.25, 0.3) is 0 Å². The highest BCUT2D eigenvalue weighted by Crippen LogP contribution is 2.30. The van der Waals surface area contributed by atoms with E-state index in [-0.39, 0.29) is 23.9 Å². The molecule has 3 unspecified atom stereocenters. The summed E-state index contributed by atoms with van der Waals surface area (Å²) in [5.74, 6) is 0.554. The van der Waals surface area contributed by atoms with Gasteiger partial charge in [0, 0.05) is 24.2 Å². The standard InChI is InChI=1S/C26H30N6O2/c33-24-20-13-7-8-14-21(20)28-25(30-24)32-23(17-22(31-32)19-11-5-2-6-12-19)29-26(34)27-16-15-18-9-3-1-4-10-18/h1-6,9-12,17,20-21,25,28H,7-8,13-16H2,(H,30,33)(H2,27,29,34). The molecule has 3 amide bonds. The molecule has 1 aromatic heterocycles. The van der Waals surface area contributed by atoms with E-state index in [0.717, 1.165) is 48.9 Å². The summed E-state index contributed by atoms with van der Waals surface area (Å²) in [6, 6.07) is 21.5. The summed E-state index contributed by atoms with van der Waals surface area (Å²) >= 11 is 0. The third-order valence-electron chi connectivity index (χ3n) is 6.59. The quantitative estimate of drug-likeness (QED) is 0.453. The van der Waals surface area contributed by atoms with E-state index >= 15 is 0 Å². The van der Waals surface area contributed by atoms with Gasteiger partial charge in [0.05, 0.1) is 11.6 Å². The fraction of sp³-hybridized carbons (Fsp3) is 0.346. The van der Waals surface area contributed by atoms with Gasteiger partial charge in [0.2, 0.25) is 5.91 Å². The van der Waals surface area contributed by atoms with Crippen molar-refractivity contribution in [1.29, 1.82) is 0 Å². The average molecular weight is 459 g/mol. The zero-order valence-corrected chi connectivity index (χ0v) is 19.0. The van der Waals surface area contributed by atoms with Crippen LogP contribution in [0.2, 0.25) is 0 Å². The van der Waals surface area contributed by atoms with Gasteiger partial charge in [-0.3, -0.25) is 15.4 Å². The molecule has 1 aliphatic heterocycles. The van der Waals surface area contributed by atoms with Crippen LogP contribution in [-0.2, 0) is 11.2 Å². The van der Waals surface area contributed by atoms with Gasteiger partial charge < -0.3 is 10.6 Å². The van der Waals surface area contributed by atoms with Gasteiger partial charge in [-0.15, -0.1) is 0 Å². The van der Waals surface area contributed by atoms with Crippen molar-refractivity contribution in [2.45, 2.75) is 44.4 Å². The molecule has 1 saturated carbocycles. The van der Waals surface area contributed by atoms with Crippen LogP contribution in [0.5, 0.6) is 0 Å². The molecule has 3 aromatic rings. The molecule has 0 radical (unpaired) electrons. The van der Waals surface area contributed by atoms with E-state index < -0.39 is 6.29 Å². The summed E-state index contributed by atoms with van der Waals surface area (Å²) in [6.07, 6.45) is 4.27. The molecule has 3 atom stereocenters. The number of carbonyl (C=O) groups excluding carboxylic acids is 2. The Hall–Kier alpha value is -3.65. The van der Waals surface area contributed by atoms with Gasteiger partial charge in [-0.25, -0.2) is 9.48 Å². The van der Waals surface area contributed by atoms with Crippen molar-refractivity contribution in [3.63, 3.8) is 0 Å². The van der Waals surface area contributed by atoms with Gasteiger partial charge in [-0.05, 0) is 24.8 Å². The van der Waals surface area contributed by atoms with Gasteiger partial charge >= 0.3 is 6.03 Å². The molecule has 34 heavy (non-hydrogen) atoms. The Balaban J connectivity index is 1.33. The van der Waals surface area contributed by atoms with Crippen molar-refractivity contribution in [2.24, 2.45) is 5.92 Å². The maximum absolute atomic E-state index is 12.8. The number of hydrogen-bond acceptors (Lipinski definition) is 4. The van der Waals surface area contributed by atoms with Crippen LogP contribution >= 0.6 is 0 Å². The number of anilines is 1. The molecule has 0 spiro atoms. The molecule has 1 saturated heterocycles. The Morgan fingerprint density at radius 1 is 1.03 bits per heavy atom. The molecular weight excluding hydrogens is 428 g/mol. The number of rotatable bonds is 6. The summed E-state index contributed by atoms with van der Waals surface area (Å²) in [5, 5.41) is 17.2. The molecule has 2 fully saturated rings. The average Bonchev–Trinajstić information content (AvgIpc) is 3.29. The van der Waals surface area contributed by atoms with Crippen molar-refractivity contribution in [3.05, 3.63) is 72.3 Å². The topological polar surface area (TPSA) is 100 Å². The van der Waals surface area contributed by atoms with E-state index in [0.29, 0.717) is 12.4 Å². The third kappa shape index (κ3) is 4.97. The molecule has 8 heteroatoms. The Bertz CT molecular complexity index is 1130. The predicted octanol–water partition coefficient (Wildman–Crippen LogP) is 3.65. The number of benzene rings is 2. The highest BCUT2D eigenvalue weighted by molar-refractivity contribution is 5.89. The zero-order valence-electron chi connectivity index (χ0n) is 19.0. The molecule has 8 nitrogen and oxygen atoms in total. The van der Waals surface area contributed by atoms with Crippen LogP contribution < -0.4 is 21.3 Å². The minimum absolute atomic E-state index is 0.00755. The number of nitrogens with one attached hydrogen (secondary N) is 4.